The molecule has 3 N–H and O–H groups in total. The summed E-state index contributed by atoms with van der Waals surface area (Å²) in [5.41, 5.74) is 7.65. The van der Waals surface area contributed by atoms with Crippen LogP contribution < -0.4 is 11.1 Å². The Morgan fingerprint density at radius 3 is 2.62 bits per heavy atom. The van der Waals surface area contributed by atoms with E-state index in [9.17, 15) is 4.79 Å². The lowest BCUT2D eigenvalue weighted by molar-refractivity contribution is -0.121. The van der Waals surface area contributed by atoms with E-state index in [1.165, 1.54) is 0 Å². The molecule has 4 nitrogen and oxygen atoms in total. The number of nitrogens with one attached hydrogen (secondary N) is 1. The van der Waals surface area contributed by atoms with Crippen LogP contribution in [0.1, 0.15) is 5.56 Å². The van der Waals surface area contributed by atoms with Crippen molar-refractivity contribution >= 4 is 44.8 Å². The van der Waals surface area contributed by atoms with Crippen LogP contribution in [0.5, 0.6) is 0 Å². The molecule has 2 aromatic carbocycles. The first-order valence-corrected chi connectivity index (χ1v) is 7.39. The van der Waals surface area contributed by atoms with E-state index < -0.39 is 0 Å². The summed E-state index contributed by atoms with van der Waals surface area (Å²) in [6, 6.07) is 12.6. The first kappa shape index (κ1) is 15.8. The lowest BCUT2D eigenvalue weighted by Gasteiger charge is -2.08. The molecule has 0 unspecified atom stereocenters. The third-order valence-electron chi connectivity index (χ3n) is 2.68. The molecule has 6 heteroatoms. The lowest BCUT2D eigenvalue weighted by atomic mass is 10.2. The number of nitrogen functional groups attached to an aromatic ring is 1. The monoisotopic (exact) mass is 368 g/mol. The number of rotatable bonds is 5. The number of benzene rings is 2. The second-order valence-electron chi connectivity index (χ2n) is 4.41. The number of carbonyl (C=O) groups excluding carboxylic acids is 1. The van der Waals surface area contributed by atoms with Gasteiger partial charge in [-0.2, -0.15) is 0 Å². The molecule has 110 valence electrons. The minimum Gasteiger partial charge on any atom is -0.399 e. The Bertz CT molecular complexity index is 632. The van der Waals surface area contributed by atoms with Crippen molar-refractivity contribution < 1.29 is 9.53 Å². The van der Waals surface area contributed by atoms with Crippen LogP contribution in [0.15, 0.2) is 46.9 Å². The average molecular weight is 370 g/mol. The third kappa shape index (κ3) is 5.04. The molecule has 0 atom stereocenters. The Balaban J connectivity index is 1.81. The highest BCUT2D eigenvalue weighted by molar-refractivity contribution is 9.10. The van der Waals surface area contributed by atoms with Crippen LogP contribution in [-0.4, -0.2) is 12.5 Å². The van der Waals surface area contributed by atoms with Crippen LogP contribution >= 0.6 is 27.5 Å². The Hall–Kier alpha value is -1.56. The van der Waals surface area contributed by atoms with Crippen LogP contribution in [-0.2, 0) is 16.1 Å². The molecular formula is C15H14BrClN2O2. The van der Waals surface area contributed by atoms with Gasteiger partial charge in [0.25, 0.3) is 0 Å². The summed E-state index contributed by atoms with van der Waals surface area (Å²) in [7, 11) is 0. The Morgan fingerprint density at radius 2 is 1.95 bits per heavy atom. The van der Waals surface area contributed by atoms with Crippen molar-refractivity contribution in [3.8, 4) is 0 Å². The van der Waals surface area contributed by atoms with E-state index in [1.807, 2.05) is 24.3 Å². The molecule has 0 aliphatic carbocycles. The van der Waals surface area contributed by atoms with E-state index >= 15 is 0 Å². The van der Waals surface area contributed by atoms with E-state index in [1.54, 1.807) is 18.2 Å². The number of halogens is 2. The van der Waals surface area contributed by atoms with Gasteiger partial charge in [0.1, 0.15) is 6.61 Å². The number of ether oxygens (including phenoxy) is 1. The number of carbonyl (C=O) groups is 1. The molecule has 2 aromatic rings. The largest absolute Gasteiger partial charge is 0.399 e. The maximum atomic E-state index is 11.8. The third-order valence-corrected chi connectivity index (χ3v) is 3.52. The quantitative estimate of drug-likeness (QED) is 0.787. The number of anilines is 2. The molecule has 1 amide bonds. The molecule has 0 aliphatic rings. The summed E-state index contributed by atoms with van der Waals surface area (Å²) in [6.45, 7) is 0.326. The summed E-state index contributed by atoms with van der Waals surface area (Å²) >= 11 is 9.34. The topological polar surface area (TPSA) is 64.3 Å². The van der Waals surface area contributed by atoms with Gasteiger partial charge in [0.2, 0.25) is 5.91 Å². The predicted molar refractivity (Wildman–Crippen MR) is 88.3 cm³/mol. The lowest BCUT2D eigenvalue weighted by Crippen LogP contribution is -2.18. The fourth-order valence-corrected chi connectivity index (χ4v) is 2.16. The van der Waals surface area contributed by atoms with Gasteiger partial charge in [-0.1, -0.05) is 39.7 Å². The Morgan fingerprint density at radius 1 is 1.24 bits per heavy atom. The zero-order valence-corrected chi connectivity index (χ0v) is 13.4. The summed E-state index contributed by atoms with van der Waals surface area (Å²) in [5, 5.41) is 3.07. The smallest absolute Gasteiger partial charge is 0.250 e. The highest BCUT2D eigenvalue weighted by Gasteiger charge is 2.06. The van der Waals surface area contributed by atoms with E-state index in [2.05, 4.69) is 21.2 Å². The van der Waals surface area contributed by atoms with Crippen LogP contribution in [0.3, 0.4) is 0 Å². The fourth-order valence-electron chi connectivity index (χ4n) is 1.66. The molecule has 0 bridgehead atoms. The van der Waals surface area contributed by atoms with Gasteiger partial charge in [0.15, 0.2) is 0 Å². The maximum absolute atomic E-state index is 11.8. The number of amides is 1. The van der Waals surface area contributed by atoms with Gasteiger partial charge in [0, 0.05) is 10.2 Å². The average Bonchev–Trinajstić information content (AvgIpc) is 2.44. The van der Waals surface area contributed by atoms with Gasteiger partial charge < -0.3 is 15.8 Å². The molecule has 0 spiro atoms. The first-order chi connectivity index (χ1) is 10.0. The van der Waals surface area contributed by atoms with Gasteiger partial charge in [-0.3, -0.25) is 4.79 Å². The molecule has 0 radical (unpaired) electrons. The van der Waals surface area contributed by atoms with Gasteiger partial charge in [-0.25, -0.2) is 0 Å². The van der Waals surface area contributed by atoms with Crippen molar-refractivity contribution in [1.29, 1.82) is 0 Å². The Labute approximate surface area is 136 Å². The van der Waals surface area contributed by atoms with Crippen molar-refractivity contribution in [2.75, 3.05) is 17.7 Å². The van der Waals surface area contributed by atoms with E-state index in [0.717, 1.165) is 10.0 Å². The highest BCUT2D eigenvalue weighted by Crippen LogP contribution is 2.23. The Kier molecular flexibility index (Phi) is 5.61. The summed E-state index contributed by atoms with van der Waals surface area (Å²) in [6.07, 6.45) is 0. The minimum atomic E-state index is -0.265. The van der Waals surface area contributed by atoms with Crippen molar-refractivity contribution in [1.82, 2.24) is 0 Å². The van der Waals surface area contributed by atoms with Gasteiger partial charge in [-0.15, -0.1) is 0 Å². The highest BCUT2D eigenvalue weighted by atomic mass is 79.9. The van der Waals surface area contributed by atoms with Gasteiger partial charge in [-0.05, 0) is 35.9 Å². The van der Waals surface area contributed by atoms with Gasteiger partial charge in [0.05, 0.1) is 17.3 Å². The number of hydrogen-bond donors (Lipinski definition) is 2. The number of hydrogen-bond acceptors (Lipinski definition) is 3. The molecule has 0 saturated heterocycles. The summed E-state index contributed by atoms with van der Waals surface area (Å²) < 4.78 is 6.36. The second kappa shape index (κ2) is 7.45. The van der Waals surface area contributed by atoms with Gasteiger partial charge >= 0.3 is 0 Å². The molecular weight excluding hydrogens is 356 g/mol. The van der Waals surface area contributed by atoms with Crippen LogP contribution in [0, 0.1) is 0 Å². The molecule has 0 aliphatic heterocycles. The van der Waals surface area contributed by atoms with Crippen LogP contribution in [0.4, 0.5) is 11.4 Å². The molecule has 2 rings (SSSR count). The zero-order valence-electron chi connectivity index (χ0n) is 11.1. The molecule has 0 saturated carbocycles. The zero-order chi connectivity index (χ0) is 15.2. The van der Waals surface area contributed by atoms with Crippen molar-refractivity contribution in [3.63, 3.8) is 0 Å². The van der Waals surface area contributed by atoms with E-state index in [4.69, 9.17) is 22.1 Å². The van der Waals surface area contributed by atoms with Crippen molar-refractivity contribution in [2.45, 2.75) is 6.61 Å². The second-order valence-corrected chi connectivity index (χ2v) is 5.73. The molecule has 0 heterocycles. The van der Waals surface area contributed by atoms with E-state index in [0.29, 0.717) is 23.0 Å². The normalized spacial score (nSPS) is 10.4. The first-order valence-electron chi connectivity index (χ1n) is 6.21. The minimum absolute atomic E-state index is 0.0449. The molecule has 0 aromatic heterocycles. The van der Waals surface area contributed by atoms with E-state index in [-0.39, 0.29) is 12.5 Å². The number of nitrogens with two attached hydrogens (primary N) is 1. The maximum Gasteiger partial charge on any atom is 0.250 e. The van der Waals surface area contributed by atoms with Crippen LogP contribution in [0.2, 0.25) is 5.02 Å². The fraction of sp³-hybridized carbons (Fsp3) is 0.133. The summed E-state index contributed by atoms with van der Waals surface area (Å²) in [5.74, 6) is -0.265. The van der Waals surface area contributed by atoms with Crippen LogP contribution in [0.25, 0.3) is 0 Å². The van der Waals surface area contributed by atoms with Crippen molar-refractivity contribution in [2.24, 2.45) is 0 Å². The standard InChI is InChI=1S/C15H14BrClN2O2/c16-11-3-1-10(2-4-11)8-21-9-15(20)19-14-6-5-12(18)7-13(14)17/h1-7H,8-9,18H2,(H,19,20). The van der Waals surface area contributed by atoms with Crippen molar-refractivity contribution in [3.05, 3.63) is 57.5 Å². The summed E-state index contributed by atoms with van der Waals surface area (Å²) in [4.78, 5) is 11.8. The molecule has 21 heavy (non-hydrogen) atoms. The predicted octanol–water partition coefficient (Wildman–Crippen LogP) is 3.84. The SMILES string of the molecule is Nc1ccc(NC(=O)COCc2ccc(Br)cc2)c(Cl)c1. The molecule has 0 fully saturated rings.